The minimum Gasteiger partial charge on any atom is -0.387 e. The quantitative estimate of drug-likeness (QED) is 0.632. The van der Waals surface area contributed by atoms with E-state index in [-0.39, 0.29) is 0 Å². The van der Waals surface area contributed by atoms with Gasteiger partial charge in [0.2, 0.25) is 0 Å². The highest BCUT2D eigenvalue weighted by atomic mass is 14.9. The zero-order valence-corrected chi connectivity index (χ0v) is 16.2. The number of nitrogens with zero attached hydrogens (tertiary/aromatic N) is 1. The molecule has 132 valence electrons. The second-order valence-corrected chi connectivity index (χ2v) is 7.56. The number of amidine groups is 1. The number of dihydropyridines is 1. The molecule has 1 aromatic rings. The molecule has 0 saturated heterocycles. The number of nitrogens with two attached hydrogens (primary N) is 1. The van der Waals surface area contributed by atoms with Crippen molar-refractivity contribution < 1.29 is 0 Å². The highest BCUT2D eigenvalue weighted by Crippen LogP contribution is 2.44. The van der Waals surface area contributed by atoms with Crippen molar-refractivity contribution in [3.05, 3.63) is 63.0 Å². The van der Waals surface area contributed by atoms with E-state index in [1.807, 2.05) is 13.1 Å². The van der Waals surface area contributed by atoms with Crippen LogP contribution >= 0.6 is 0 Å². The molecule has 0 radical (unpaired) electrons. The molecule has 0 saturated carbocycles. The second-order valence-electron chi connectivity index (χ2n) is 7.56. The number of hydrogen-bond donors (Lipinski definition) is 2. The van der Waals surface area contributed by atoms with Crippen LogP contribution in [0.5, 0.6) is 0 Å². The van der Waals surface area contributed by atoms with Crippen LogP contribution in [0.2, 0.25) is 0 Å². The predicted molar refractivity (Wildman–Crippen MR) is 108 cm³/mol. The summed E-state index contributed by atoms with van der Waals surface area (Å²) in [5.41, 5.74) is 18.2. The van der Waals surface area contributed by atoms with Gasteiger partial charge in [0.25, 0.3) is 0 Å². The van der Waals surface area contributed by atoms with E-state index in [0.29, 0.717) is 11.9 Å². The van der Waals surface area contributed by atoms with Crippen LogP contribution in [-0.2, 0) is 6.42 Å². The summed E-state index contributed by atoms with van der Waals surface area (Å²) in [4.78, 5) is 4.21. The fourth-order valence-corrected chi connectivity index (χ4v) is 4.07. The molecule has 1 aliphatic carbocycles. The number of rotatable bonds is 3. The van der Waals surface area contributed by atoms with Crippen LogP contribution in [0, 0.1) is 20.8 Å². The lowest BCUT2D eigenvalue weighted by molar-refractivity contribution is 0.651. The monoisotopic (exact) mass is 335 g/mol. The van der Waals surface area contributed by atoms with Crippen molar-refractivity contribution in [2.45, 2.75) is 60.4 Å². The van der Waals surface area contributed by atoms with Gasteiger partial charge >= 0.3 is 0 Å². The summed E-state index contributed by atoms with van der Waals surface area (Å²) in [6, 6.07) is 2.65. The molecule has 1 unspecified atom stereocenters. The smallest absolute Gasteiger partial charge is 0.0957 e. The van der Waals surface area contributed by atoms with Crippen LogP contribution in [0.3, 0.4) is 0 Å². The second kappa shape index (κ2) is 6.55. The Bertz CT molecular complexity index is 847. The number of benzene rings is 1. The summed E-state index contributed by atoms with van der Waals surface area (Å²) < 4.78 is 0. The Hall–Kier alpha value is -2.29. The Kier molecular flexibility index (Phi) is 4.59. The standard InChI is InChI=1S/C22H29N3/c1-12(11-24-17(6)23)7-19-9-18-10-20-14(3)8-13(2)15(4)21(20)22(18)16(5)25-19/h8-9,11,19,25H,7,10H2,1-6H3,(H2,23,24)/b12-11+. The summed E-state index contributed by atoms with van der Waals surface area (Å²) in [7, 11) is 0. The van der Waals surface area contributed by atoms with Gasteiger partial charge in [-0.1, -0.05) is 17.7 Å². The number of aryl methyl sites for hydroxylation is 2. The molecule has 0 bridgehead atoms. The SMILES string of the molecule is CC(N)=N/C=C(\C)CC1C=C2Cc3c(C)cc(C)c(C)c3C2=C(C)N1. The van der Waals surface area contributed by atoms with Crippen LogP contribution in [0.1, 0.15) is 55.0 Å². The number of fused-ring (bicyclic) bond motifs is 3. The molecular weight excluding hydrogens is 306 g/mol. The van der Waals surface area contributed by atoms with Crippen LogP contribution in [0.4, 0.5) is 0 Å². The number of nitrogens with one attached hydrogen (secondary N) is 1. The Morgan fingerprint density at radius 2 is 1.96 bits per heavy atom. The van der Waals surface area contributed by atoms with Crippen molar-refractivity contribution >= 4 is 11.4 Å². The van der Waals surface area contributed by atoms with Gasteiger partial charge in [-0.15, -0.1) is 0 Å². The van der Waals surface area contributed by atoms with E-state index >= 15 is 0 Å². The van der Waals surface area contributed by atoms with Gasteiger partial charge in [0.05, 0.1) is 5.84 Å². The van der Waals surface area contributed by atoms with Gasteiger partial charge in [-0.25, -0.2) is 4.99 Å². The summed E-state index contributed by atoms with van der Waals surface area (Å²) in [5, 5.41) is 3.70. The molecular formula is C22H29N3. The number of aliphatic imine (C=N–C) groups is 1. The van der Waals surface area contributed by atoms with E-state index in [4.69, 9.17) is 5.73 Å². The molecule has 1 atom stereocenters. The molecule has 2 aliphatic rings. The molecule has 1 heterocycles. The zero-order chi connectivity index (χ0) is 18.3. The first-order valence-corrected chi connectivity index (χ1v) is 9.02. The molecule has 0 spiro atoms. The summed E-state index contributed by atoms with van der Waals surface area (Å²) in [6.07, 6.45) is 6.28. The van der Waals surface area contributed by atoms with Gasteiger partial charge in [-0.2, -0.15) is 0 Å². The molecule has 3 heteroatoms. The van der Waals surface area contributed by atoms with Gasteiger partial charge in [0.1, 0.15) is 0 Å². The highest BCUT2D eigenvalue weighted by Gasteiger charge is 2.30. The van der Waals surface area contributed by atoms with Gasteiger partial charge in [-0.05, 0) is 87.8 Å². The molecule has 1 aliphatic heterocycles. The van der Waals surface area contributed by atoms with E-state index in [1.54, 1.807) is 0 Å². The Morgan fingerprint density at radius 3 is 2.64 bits per heavy atom. The third kappa shape index (κ3) is 3.28. The third-order valence-electron chi connectivity index (χ3n) is 5.33. The van der Waals surface area contributed by atoms with Crippen molar-refractivity contribution in [3.8, 4) is 0 Å². The van der Waals surface area contributed by atoms with Crippen molar-refractivity contribution in [2.75, 3.05) is 0 Å². The zero-order valence-electron chi connectivity index (χ0n) is 16.2. The van der Waals surface area contributed by atoms with Gasteiger partial charge in [0, 0.05) is 23.5 Å². The molecule has 1 aromatic carbocycles. The topological polar surface area (TPSA) is 50.4 Å². The molecule has 0 amide bonds. The lowest BCUT2D eigenvalue weighted by Gasteiger charge is -2.26. The van der Waals surface area contributed by atoms with E-state index in [9.17, 15) is 0 Å². The fraction of sp³-hybridized carbons (Fsp3) is 0.409. The molecule has 0 fully saturated rings. The minimum absolute atomic E-state index is 0.319. The Labute approximate surface area is 151 Å². The summed E-state index contributed by atoms with van der Waals surface area (Å²) >= 11 is 0. The van der Waals surface area contributed by atoms with Crippen molar-refractivity contribution in [1.29, 1.82) is 0 Å². The normalized spacial score (nSPS) is 20.2. The third-order valence-corrected chi connectivity index (χ3v) is 5.33. The average molecular weight is 335 g/mol. The summed E-state index contributed by atoms with van der Waals surface area (Å²) in [6.45, 7) is 12.8. The first kappa shape index (κ1) is 17.5. The highest BCUT2D eigenvalue weighted by molar-refractivity contribution is 5.91. The maximum atomic E-state index is 5.63. The van der Waals surface area contributed by atoms with Crippen LogP contribution in [0.25, 0.3) is 5.57 Å². The predicted octanol–water partition coefficient (Wildman–Crippen LogP) is 4.47. The van der Waals surface area contributed by atoms with Crippen LogP contribution in [-0.4, -0.2) is 11.9 Å². The van der Waals surface area contributed by atoms with E-state index in [0.717, 1.165) is 12.8 Å². The van der Waals surface area contributed by atoms with E-state index in [2.05, 4.69) is 57.1 Å². The lowest BCUT2D eigenvalue weighted by atomic mass is 9.91. The van der Waals surface area contributed by atoms with Gasteiger partial charge in [-0.3, -0.25) is 0 Å². The van der Waals surface area contributed by atoms with Crippen molar-refractivity contribution in [3.63, 3.8) is 0 Å². The number of hydrogen-bond acceptors (Lipinski definition) is 2. The van der Waals surface area contributed by atoms with Crippen LogP contribution < -0.4 is 11.1 Å². The first-order chi connectivity index (χ1) is 11.8. The fourth-order valence-electron chi connectivity index (χ4n) is 4.07. The first-order valence-electron chi connectivity index (χ1n) is 9.02. The molecule has 3 nitrogen and oxygen atoms in total. The van der Waals surface area contributed by atoms with Gasteiger partial charge < -0.3 is 11.1 Å². The Morgan fingerprint density at radius 1 is 1.24 bits per heavy atom. The maximum absolute atomic E-state index is 5.63. The number of allylic oxidation sites excluding steroid dienone is 3. The summed E-state index contributed by atoms with van der Waals surface area (Å²) in [5.74, 6) is 0.597. The van der Waals surface area contributed by atoms with E-state index in [1.165, 1.54) is 50.2 Å². The molecule has 3 N–H and O–H groups in total. The van der Waals surface area contributed by atoms with Crippen LogP contribution in [0.15, 0.2) is 40.2 Å². The minimum atomic E-state index is 0.319. The Balaban J connectivity index is 1.93. The lowest BCUT2D eigenvalue weighted by Crippen LogP contribution is -2.30. The van der Waals surface area contributed by atoms with E-state index < -0.39 is 0 Å². The largest absolute Gasteiger partial charge is 0.387 e. The van der Waals surface area contributed by atoms with Gasteiger partial charge in [0.15, 0.2) is 0 Å². The average Bonchev–Trinajstić information content (AvgIpc) is 2.91. The van der Waals surface area contributed by atoms with Crippen molar-refractivity contribution in [1.82, 2.24) is 5.32 Å². The van der Waals surface area contributed by atoms with Crippen molar-refractivity contribution in [2.24, 2.45) is 10.7 Å². The molecule has 3 rings (SSSR count). The maximum Gasteiger partial charge on any atom is 0.0957 e. The molecule has 0 aromatic heterocycles. The molecule has 25 heavy (non-hydrogen) atoms.